The third kappa shape index (κ3) is 4.59. The lowest BCUT2D eigenvalue weighted by Gasteiger charge is -2.24. The number of aliphatic hydroxyl groups excluding tert-OH is 1. The summed E-state index contributed by atoms with van der Waals surface area (Å²) in [6, 6.07) is 3.62. The summed E-state index contributed by atoms with van der Waals surface area (Å²) in [4.78, 5) is 13.7. The molecule has 6 heteroatoms. The van der Waals surface area contributed by atoms with Crippen LogP contribution in [0, 0.1) is 0 Å². The Morgan fingerprint density at radius 2 is 2.17 bits per heavy atom. The van der Waals surface area contributed by atoms with Crippen molar-refractivity contribution < 1.29 is 20.1 Å². The van der Waals surface area contributed by atoms with Gasteiger partial charge in [-0.25, -0.2) is 0 Å². The number of phenolic OH excluding ortho intramolecular Hbond substituents is 1. The molecule has 1 aliphatic heterocycles. The fraction of sp³-hybridized carbons (Fsp3) is 0.588. The summed E-state index contributed by atoms with van der Waals surface area (Å²) >= 11 is 0. The molecule has 1 aromatic carbocycles. The maximum Gasteiger partial charge on any atom is 0.219 e. The predicted octanol–water partition coefficient (Wildman–Crippen LogP) is 1.12. The van der Waals surface area contributed by atoms with E-state index in [1.54, 1.807) is 12.1 Å². The second-order valence-corrected chi connectivity index (χ2v) is 6.02. The lowest BCUT2D eigenvalue weighted by atomic mass is 10.1. The van der Waals surface area contributed by atoms with Crippen LogP contribution >= 0.6 is 0 Å². The Hall–Kier alpha value is -1.79. The van der Waals surface area contributed by atoms with Gasteiger partial charge in [0.1, 0.15) is 0 Å². The lowest BCUT2D eigenvalue weighted by Crippen LogP contribution is -2.40. The van der Waals surface area contributed by atoms with E-state index in [1.165, 1.54) is 0 Å². The highest BCUT2D eigenvalue weighted by Crippen LogP contribution is 2.30. The van der Waals surface area contributed by atoms with Crippen LogP contribution in [-0.4, -0.2) is 51.8 Å². The van der Waals surface area contributed by atoms with Crippen molar-refractivity contribution in [1.29, 1.82) is 0 Å². The average Bonchev–Trinajstić information content (AvgIpc) is 3.00. The van der Waals surface area contributed by atoms with Crippen LogP contribution in [-0.2, 0) is 17.8 Å². The fourth-order valence-electron chi connectivity index (χ4n) is 3.06. The monoisotopic (exact) mass is 322 g/mol. The van der Waals surface area contributed by atoms with Crippen LogP contribution in [0.15, 0.2) is 12.1 Å². The normalized spacial score (nSPS) is 18.3. The molecule has 128 valence electrons. The van der Waals surface area contributed by atoms with Gasteiger partial charge < -0.3 is 20.6 Å². The zero-order valence-corrected chi connectivity index (χ0v) is 13.6. The van der Waals surface area contributed by atoms with Gasteiger partial charge in [0.15, 0.2) is 11.5 Å². The van der Waals surface area contributed by atoms with Crippen LogP contribution in [0.5, 0.6) is 11.5 Å². The van der Waals surface area contributed by atoms with Gasteiger partial charge in [0.25, 0.3) is 0 Å². The number of nitrogens with zero attached hydrogens (tertiary/aromatic N) is 1. The summed E-state index contributed by atoms with van der Waals surface area (Å²) in [6.45, 7) is 4.04. The first kappa shape index (κ1) is 17.6. The average molecular weight is 322 g/mol. The fourth-order valence-corrected chi connectivity index (χ4v) is 3.06. The number of aliphatic hydroxyl groups is 1. The molecule has 6 nitrogen and oxygen atoms in total. The molecule has 1 atom stereocenters. The van der Waals surface area contributed by atoms with Crippen LogP contribution in [0.1, 0.15) is 37.3 Å². The maximum atomic E-state index is 11.4. The van der Waals surface area contributed by atoms with E-state index in [4.69, 9.17) is 0 Å². The van der Waals surface area contributed by atoms with Gasteiger partial charge >= 0.3 is 0 Å². The number of amides is 1. The molecule has 4 N–H and O–H groups in total. The Morgan fingerprint density at radius 3 is 2.87 bits per heavy atom. The van der Waals surface area contributed by atoms with E-state index in [0.717, 1.165) is 37.9 Å². The van der Waals surface area contributed by atoms with Crippen LogP contribution in [0.25, 0.3) is 0 Å². The largest absolute Gasteiger partial charge is 0.504 e. The molecular weight excluding hydrogens is 296 g/mol. The molecule has 23 heavy (non-hydrogen) atoms. The van der Waals surface area contributed by atoms with Crippen molar-refractivity contribution in [3.05, 3.63) is 23.3 Å². The Labute approximate surface area is 136 Å². The van der Waals surface area contributed by atoms with E-state index in [1.807, 2.05) is 6.92 Å². The van der Waals surface area contributed by atoms with Crippen LogP contribution < -0.4 is 5.32 Å². The Morgan fingerprint density at radius 1 is 1.39 bits per heavy atom. The molecular formula is C17H26N2O4. The first-order valence-corrected chi connectivity index (χ1v) is 8.20. The van der Waals surface area contributed by atoms with Gasteiger partial charge in [0, 0.05) is 31.1 Å². The molecule has 0 bridgehead atoms. The summed E-state index contributed by atoms with van der Waals surface area (Å²) in [5.41, 5.74) is 1.22. The number of nitrogens with one attached hydrogen (secondary N) is 1. The Balaban J connectivity index is 1.92. The number of hydrogen-bond acceptors (Lipinski definition) is 5. The molecule has 0 radical (unpaired) electrons. The topological polar surface area (TPSA) is 93.0 Å². The van der Waals surface area contributed by atoms with Crippen molar-refractivity contribution in [3.63, 3.8) is 0 Å². The van der Waals surface area contributed by atoms with E-state index in [0.29, 0.717) is 24.6 Å². The molecule has 0 spiro atoms. The van der Waals surface area contributed by atoms with Crippen LogP contribution in [0.4, 0.5) is 0 Å². The quantitative estimate of drug-likeness (QED) is 0.565. The molecule has 1 amide bonds. The highest BCUT2D eigenvalue weighted by atomic mass is 16.3. The minimum atomic E-state index is -0.303. The zero-order valence-electron chi connectivity index (χ0n) is 13.6. The molecule has 2 rings (SSSR count). The van der Waals surface area contributed by atoms with Crippen molar-refractivity contribution in [2.75, 3.05) is 19.6 Å². The Bertz CT molecular complexity index is 548. The molecule has 0 aliphatic carbocycles. The number of carbonyl (C=O) groups excluding carboxylic acids is 1. The van der Waals surface area contributed by atoms with E-state index in [9.17, 15) is 20.1 Å². The number of hydrogen-bond donors (Lipinski definition) is 4. The minimum absolute atomic E-state index is 0.0768. The van der Waals surface area contributed by atoms with Crippen molar-refractivity contribution in [2.24, 2.45) is 0 Å². The van der Waals surface area contributed by atoms with Crippen molar-refractivity contribution in [1.82, 2.24) is 10.2 Å². The molecule has 1 aliphatic rings. The van der Waals surface area contributed by atoms with Crippen LogP contribution in [0.3, 0.4) is 0 Å². The molecule has 0 aromatic heterocycles. The van der Waals surface area contributed by atoms with Gasteiger partial charge in [0.2, 0.25) is 5.91 Å². The third-order valence-corrected chi connectivity index (χ3v) is 4.44. The maximum absolute atomic E-state index is 11.4. The smallest absolute Gasteiger partial charge is 0.219 e. The van der Waals surface area contributed by atoms with Crippen LogP contribution in [0.2, 0.25) is 0 Å². The summed E-state index contributed by atoms with van der Waals surface area (Å²) in [6.07, 6.45) is 3.42. The van der Waals surface area contributed by atoms with Gasteiger partial charge in [-0.15, -0.1) is 0 Å². The standard InChI is InChI=1S/C17H26N2O4/c1-2-16(22)18-10-14-4-3-6-19(14)7-5-12-8-13(11-20)17(23)15(21)9-12/h8-9,14,20-21,23H,2-7,10-11H2,1H3,(H,18,22). The SMILES string of the molecule is CCC(=O)NCC1CCCN1CCc1cc(O)c(O)c(CO)c1. The predicted molar refractivity (Wildman–Crippen MR) is 87.3 cm³/mol. The number of phenols is 2. The van der Waals surface area contributed by atoms with E-state index >= 15 is 0 Å². The number of likely N-dealkylation sites (tertiary alicyclic amines) is 1. The lowest BCUT2D eigenvalue weighted by molar-refractivity contribution is -0.120. The van der Waals surface area contributed by atoms with Crippen molar-refractivity contribution in [2.45, 2.75) is 45.3 Å². The van der Waals surface area contributed by atoms with Gasteiger partial charge in [-0.05, 0) is 43.5 Å². The number of rotatable bonds is 7. The summed E-state index contributed by atoms with van der Waals surface area (Å²) in [7, 11) is 0. The van der Waals surface area contributed by atoms with Crippen molar-refractivity contribution >= 4 is 5.91 Å². The second kappa shape index (κ2) is 8.17. The number of benzene rings is 1. The molecule has 1 unspecified atom stereocenters. The van der Waals surface area contributed by atoms with Gasteiger partial charge in [-0.3, -0.25) is 9.69 Å². The highest BCUT2D eigenvalue weighted by molar-refractivity contribution is 5.75. The van der Waals surface area contributed by atoms with Crippen molar-refractivity contribution in [3.8, 4) is 11.5 Å². The minimum Gasteiger partial charge on any atom is -0.504 e. The Kier molecular flexibility index (Phi) is 6.24. The van der Waals surface area contributed by atoms with Gasteiger partial charge in [0.05, 0.1) is 6.61 Å². The molecule has 1 saturated heterocycles. The number of aromatic hydroxyl groups is 2. The second-order valence-electron chi connectivity index (χ2n) is 6.02. The first-order valence-electron chi connectivity index (χ1n) is 8.20. The van der Waals surface area contributed by atoms with Gasteiger partial charge in [-0.1, -0.05) is 6.92 Å². The third-order valence-electron chi connectivity index (χ3n) is 4.44. The summed E-state index contributed by atoms with van der Waals surface area (Å²) in [5.74, 6) is -0.370. The van der Waals surface area contributed by atoms with Gasteiger partial charge in [-0.2, -0.15) is 0 Å². The molecule has 1 aromatic rings. The van der Waals surface area contributed by atoms with E-state index in [-0.39, 0.29) is 24.0 Å². The summed E-state index contributed by atoms with van der Waals surface area (Å²) in [5, 5.41) is 31.5. The number of carbonyl (C=O) groups is 1. The highest BCUT2D eigenvalue weighted by Gasteiger charge is 2.24. The molecule has 1 fully saturated rings. The van der Waals surface area contributed by atoms with E-state index in [2.05, 4.69) is 10.2 Å². The van der Waals surface area contributed by atoms with E-state index < -0.39 is 0 Å². The summed E-state index contributed by atoms with van der Waals surface area (Å²) < 4.78 is 0. The molecule has 1 heterocycles. The zero-order chi connectivity index (χ0) is 16.8. The molecule has 0 saturated carbocycles. The first-order chi connectivity index (χ1) is 11.0.